The number of benzene rings is 2. The van der Waals surface area contributed by atoms with Gasteiger partial charge in [0, 0.05) is 32.0 Å². The number of nitrogens with zero attached hydrogens (tertiary/aromatic N) is 4. The van der Waals surface area contributed by atoms with Crippen LogP contribution in [-0.4, -0.2) is 80.6 Å². The van der Waals surface area contributed by atoms with Crippen LogP contribution in [0.2, 0.25) is 0 Å². The number of fused-ring (bicyclic) bond motifs is 3. The number of amides is 3. The zero-order chi connectivity index (χ0) is 42.6. The summed E-state index contributed by atoms with van der Waals surface area (Å²) in [6, 6.07) is 19.5. The largest absolute Gasteiger partial charge is 0.453 e. The lowest BCUT2D eigenvalue weighted by atomic mass is 9.59. The molecule has 3 amide bonds. The Balaban J connectivity index is 0.954. The Hall–Kier alpha value is -5.82. The second kappa shape index (κ2) is 18.4. The van der Waals surface area contributed by atoms with Crippen molar-refractivity contribution in [2.45, 2.75) is 95.9 Å². The summed E-state index contributed by atoms with van der Waals surface area (Å²) in [6.07, 6.45) is 13.3. The van der Waals surface area contributed by atoms with Gasteiger partial charge in [0.25, 0.3) is 0 Å². The van der Waals surface area contributed by atoms with Crippen LogP contribution >= 0.6 is 0 Å². The maximum Gasteiger partial charge on any atom is 0.407 e. The van der Waals surface area contributed by atoms with Crippen molar-refractivity contribution in [1.29, 1.82) is 0 Å². The van der Waals surface area contributed by atoms with Crippen LogP contribution in [0.25, 0.3) is 33.6 Å². The molecule has 2 aliphatic carbocycles. The number of hydrogen-bond acceptors (Lipinski definition) is 8. The van der Waals surface area contributed by atoms with Crippen molar-refractivity contribution in [2.24, 2.45) is 23.7 Å². The molecule has 61 heavy (non-hydrogen) atoms. The molecule has 5 unspecified atom stereocenters. The average Bonchev–Trinajstić information content (AvgIpc) is 4.09. The maximum absolute atomic E-state index is 14.3. The summed E-state index contributed by atoms with van der Waals surface area (Å²) in [6.45, 7) is 6.67. The number of aromatic amines is 2. The van der Waals surface area contributed by atoms with Gasteiger partial charge in [0.15, 0.2) is 0 Å². The first-order chi connectivity index (χ1) is 29.6. The molecule has 1 saturated heterocycles. The van der Waals surface area contributed by atoms with E-state index in [1.165, 1.54) is 20.6 Å². The molecule has 3 aliphatic rings. The van der Waals surface area contributed by atoms with Crippen molar-refractivity contribution in [1.82, 2.24) is 40.5 Å². The number of aromatic nitrogens is 5. The molecule has 4 heterocycles. The summed E-state index contributed by atoms with van der Waals surface area (Å²) < 4.78 is 10.2. The summed E-state index contributed by atoms with van der Waals surface area (Å²) in [7, 11) is 2.78. The summed E-state index contributed by atoms with van der Waals surface area (Å²) in [5, 5.41) is 6.01. The molecule has 2 bridgehead atoms. The van der Waals surface area contributed by atoms with Crippen LogP contribution in [0, 0.1) is 23.7 Å². The van der Waals surface area contributed by atoms with Crippen LogP contribution in [0.3, 0.4) is 0 Å². The fourth-order valence-corrected chi connectivity index (χ4v) is 10.2. The Morgan fingerprint density at radius 1 is 0.770 bits per heavy atom. The van der Waals surface area contributed by atoms with Crippen LogP contribution < -0.4 is 10.6 Å². The normalized spacial score (nSPS) is 24.0. The van der Waals surface area contributed by atoms with E-state index in [9.17, 15) is 14.4 Å². The van der Waals surface area contributed by atoms with E-state index in [0.29, 0.717) is 30.1 Å². The van der Waals surface area contributed by atoms with Gasteiger partial charge >= 0.3 is 6.09 Å². The molecular weight excluding hydrogens is 769 g/mol. The zero-order valence-corrected chi connectivity index (χ0v) is 35.8. The Labute approximate surface area is 357 Å². The summed E-state index contributed by atoms with van der Waals surface area (Å²) in [5.74, 6) is 2.59. The smallest absolute Gasteiger partial charge is 0.407 e. The third-order valence-corrected chi connectivity index (χ3v) is 13.7. The fourth-order valence-electron chi connectivity index (χ4n) is 10.2. The Bertz CT molecular complexity index is 2270. The molecule has 9 atom stereocenters. The maximum atomic E-state index is 14.3. The number of alkyl carbamates (subject to hydrolysis) is 1. The molecule has 5 aromatic rings. The topological polar surface area (TPSA) is 167 Å². The van der Waals surface area contributed by atoms with Crippen LogP contribution in [0.1, 0.15) is 101 Å². The molecule has 320 valence electrons. The first kappa shape index (κ1) is 41.9. The Kier molecular flexibility index (Phi) is 12.7. The third-order valence-electron chi connectivity index (χ3n) is 13.7. The molecule has 0 spiro atoms. The van der Waals surface area contributed by atoms with Crippen molar-refractivity contribution >= 4 is 17.9 Å². The van der Waals surface area contributed by atoms with E-state index in [4.69, 9.17) is 19.4 Å². The lowest BCUT2D eigenvalue weighted by molar-refractivity contribution is -0.137. The molecular formula is C48H58N8O5. The number of pyridine rings is 1. The van der Waals surface area contributed by atoms with Crippen LogP contribution in [-0.2, 0) is 19.1 Å². The highest BCUT2D eigenvalue weighted by Crippen LogP contribution is 2.52. The van der Waals surface area contributed by atoms with Gasteiger partial charge in [0.2, 0.25) is 11.8 Å². The number of hydrogen-bond donors (Lipinski definition) is 4. The van der Waals surface area contributed by atoms with E-state index in [2.05, 4.69) is 81.0 Å². The van der Waals surface area contributed by atoms with E-state index in [1.54, 1.807) is 24.2 Å². The predicted octanol–water partition coefficient (Wildman–Crippen LogP) is 8.38. The number of rotatable bonds is 12. The van der Waals surface area contributed by atoms with Gasteiger partial charge < -0.3 is 35.0 Å². The van der Waals surface area contributed by atoms with Crippen molar-refractivity contribution < 1.29 is 23.9 Å². The highest BCUT2D eigenvalue weighted by Gasteiger charge is 2.48. The number of nitrogens with one attached hydrogen (secondary N) is 4. The molecule has 13 nitrogen and oxygen atoms in total. The number of carbonyl (C=O) groups excluding carboxylic acids is 3. The molecule has 2 aromatic carbocycles. The van der Waals surface area contributed by atoms with E-state index in [-0.39, 0.29) is 35.7 Å². The molecule has 3 aromatic heterocycles. The summed E-state index contributed by atoms with van der Waals surface area (Å²) >= 11 is 0. The van der Waals surface area contributed by atoms with Gasteiger partial charge in [-0.15, -0.1) is 0 Å². The Morgan fingerprint density at radius 3 is 2.07 bits per heavy atom. The van der Waals surface area contributed by atoms with Gasteiger partial charge in [-0.25, -0.2) is 14.8 Å². The zero-order valence-electron chi connectivity index (χ0n) is 35.8. The van der Waals surface area contributed by atoms with Gasteiger partial charge in [-0.1, -0.05) is 74.4 Å². The van der Waals surface area contributed by atoms with E-state index in [1.807, 2.05) is 31.5 Å². The minimum atomic E-state index is -0.888. The lowest BCUT2D eigenvalue weighted by Crippen LogP contribution is -2.54. The molecule has 8 rings (SSSR count). The molecule has 0 radical (unpaired) electrons. The van der Waals surface area contributed by atoms with Gasteiger partial charge in [0.1, 0.15) is 17.7 Å². The third kappa shape index (κ3) is 8.84. The minimum Gasteiger partial charge on any atom is -0.453 e. The number of carbonyl (C=O) groups is 3. The lowest BCUT2D eigenvalue weighted by Gasteiger charge is -2.46. The first-order valence-electron chi connectivity index (χ1n) is 21.8. The number of ether oxygens (including phenoxy) is 2. The van der Waals surface area contributed by atoms with Crippen LogP contribution in [0.4, 0.5) is 4.79 Å². The van der Waals surface area contributed by atoms with Crippen LogP contribution in [0.5, 0.6) is 0 Å². The van der Waals surface area contributed by atoms with E-state index >= 15 is 0 Å². The molecule has 4 N–H and O–H groups in total. The van der Waals surface area contributed by atoms with Crippen LogP contribution in [0.15, 0.2) is 85.5 Å². The van der Waals surface area contributed by atoms with Gasteiger partial charge in [0.05, 0.1) is 55.0 Å². The second-order valence-corrected chi connectivity index (χ2v) is 17.2. The van der Waals surface area contributed by atoms with Gasteiger partial charge in [-0.2, -0.15) is 0 Å². The summed E-state index contributed by atoms with van der Waals surface area (Å²) in [5.41, 5.74) is 7.01. The monoisotopic (exact) mass is 826 g/mol. The molecule has 1 aliphatic heterocycles. The second-order valence-electron chi connectivity index (χ2n) is 17.2. The van der Waals surface area contributed by atoms with Crippen molar-refractivity contribution in [2.75, 3.05) is 20.8 Å². The van der Waals surface area contributed by atoms with Crippen molar-refractivity contribution in [3.8, 4) is 33.6 Å². The average molecular weight is 827 g/mol. The Morgan fingerprint density at radius 2 is 1.43 bits per heavy atom. The molecule has 3 fully saturated rings. The number of likely N-dealkylation sites (tertiary alicyclic amines) is 1. The predicted molar refractivity (Wildman–Crippen MR) is 233 cm³/mol. The highest BCUT2D eigenvalue weighted by molar-refractivity contribution is 5.87. The SMILES string of the molecule is COC(=O)N[C@H](C(=O)N1CCC[C@H]1c1ncc(-c2ccc(-c3ccc(-c4cnc(C5C6CCCC(C)C(CC6)C5C(=O)N[C@H](C)c5cccnc5)[nH]4)cc3)cc2)[nH]1)[C@@H](C)OC. The molecule has 13 heteroatoms. The number of methoxy groups -OCH3 is 2. The standard InChI is InChI=1S/C48H58N8O5/c1-28-9-6-10-35-21-22-37(28)42(46(57)52-29(2)36-11-7-23-49-25-36)41(35)45-51-27-39(54-45)34-19-15-32(16-20-34)31-13-17-33(18-14-31)38-26-50-44(53-38)40-12-8-24-56(40)47(58)43(30(3)60-4)55-48(59)61-5/h7,11,13-20,23,25-30,35,37,40-43H,6,8-10,12,21-22,24H2,1-5H3,(H,50,53)(H,51,54)(H,52,57)(H,55,59)/t28?,29-,30-,35?,37?,40+,41?,42?,43+/m1/s1. The van der Waals surface area contributed by atoms with E-state index in [0.717, 1.165) is 83.6 Å². The van der Waals surface area contributed by atoms with Crippen molar-refractivity contribution in [3.63, 3.8) is 0 Å². The number of imidazole rings is 2. The first-order valence-corrected chi connectivity index (χ1v) is 21.8. The minimum absolute atomic E-state index is 0.0343. The van der Waals surface area contributed by atoms with Gasteiger partial charge in [-0.3, -0.25) is 14.6 Å². The quantitative estimate of drug-likeness (QED) is 0.0974. The summed E-state index contributed by atoms with van der Waals surface area (Å²) in [4.78, 5) is 62.9. The van der Waals surface area contributed by atoms with Crippen molar-refractivity contribution in [3.05, 3.63) is 103 Å². The van der Waals surface area contributed by atoms with Gasteiger partial charge in [-0.05, 0) is 97.6 Å². The molecule has 2 saturated carbocycles. The highest BCUT2D eigenvalue weighted by atomic mass is 16.5. The van der Waals surface area contributed by atoms with E-state index < -0.39 is 18.2 Å². The fraction of sp³-hybridized carbons (Fsp3) is 0.458. The number of H-pyrrole nitrogens is 2.